The third-order valence-corrected chi connectivity index (χ3v) is 4.94. The van der Waals surface area contributed by atoms with Gasteiger partial charge >= 0.3 is 0 Å². The number of carbonyl (C=O) groups is 1. The molecule has 0 radical (unpaired) electrons. The van der Waals surface area contributed by atoms with Crippen molar-refractivity contribution >= 4 is 27.5 Å². The smallest absolute Gasteiger partial charge is 0.224 e. The topological polar surface area (TPSA) is 38.3 Å². The molecule has 0 saturated heterocycles. The summed E-state index contributed by atoms with van der Waals surface area (Å²) in [5, 5.41) is 3.01. The summed E-state index contributed by atoms with van der Waals surface area (Å²) in [7, 11) is 0. The van der Waals surface area contributed by atoms with E-state index in [4.69, 9.17) is 4.74 Å². The lowest BCUT2D eigenvalue weighted by Crippen LogP contribution is -2.13. The fourth-order valence-electron chi connectivity index (χ4n) is 2.77. The molecule has 1 saturated carbocycles. The molecule has 1 amide bonds. The predicted octanol–water partition coefficient (Wildman–Crippen LogP) is 5.56. The maximum absolute atomic E-state index is 11.8. The van der Waals surface area contributed by atoms with Crippen molar-refractivity contribution in [3.63, 3.8) is 0 Å². The molecule has 2 aromatic carbocycles. The normalized spacial score (nSPS) is 13.6. The van der Waals surface area contributed by atoms with Crippen molar-refractivity contribution in [2.24, 2.45) is 0 Å². The van der Waals surface area contributed by atoms with Gasteiger partial charge in [0.2, 0.25) is 5.91 Å². The number of carbonyl (C=O) groups excluding carboxylic acids is 1. The number of hydrogen-bond donors (Lipinski definition) is 1. The molecule has 0 aromatic heterocycles. The standard InChI is InChI=1S/C20H22BrNO2/c1-3-20(23)22-18-6-4-5-15(14-8-9-14)16(18)12-24-19-11-13(2)7-10-17(19)21/h4-7,10-11,14H,3,8-9,12H2,1-2H3,(H,22,23). The van der Waals surface area contributed by atoms with Gasteiger partial charge in [0.15, 0.2) is 0 Å². The summed E-state index contributed by atoms with van der Waals surface area (Å²) in [5.74, 6) is 1.46. The molecule has 1 aliphatic carbocycles. The quantitative estimate of drug-likeness (QED) is 0.703. The van der Waals surface area contributed by atoms with E-state index in [1.165, 1.54) is 18.4 Å². The molecule has 0 aliphatic heterocycles. The number of hydrogen-bond acceptors (Lipinski definition) is 2. The van der Waals surface area contributed by atoms with Crippen LogP contribution in [0.15, 0.2) is 40.9 Å². The lowest BCUT2D eigenvalue weighted by Gasteiger charge is -2.17. The van der Waals surface area contributed by atoms with Gasteiger partial charge in [-0.1, -0.05) is 25.1 Å². The van der Waals surface area contributed by atoms with Crippen LogP contribution in [-0.2, 0) is 11.4 Å². The Morgan fingerprint density at radius 3 is 2.79 bits per heavy atom. The Balaban J connectivity index is 1.87. The molecule has 4 heteroatoms. The molecule has 0 bridgehead atoms. The van der Waals surface area contributed by atoms with E-state index in [0.717, 1.165) is 27.0 Å². The maximum atomic E-state index is 11.8. The largest absolute Gasteiger partial charge is 0.488 e. The number of anilines is 1. The van der Waals surface area contributed by atoms with Crippen LogP contribution in [0.5, 0.6) is 5.75 Å². The number of ether oxygens (including phenoxy) is 1. The van der Waals surface area contributed by atoms with E-state index in [9.17, 15) is 4.79 Å². The van der Waals surface area contributed by atoms with Crippen molar-refractivity contribution in [3.05, 3.63) is 57.6 Å². The molecule has 0 heterocycles. The highest BCUT2D eigenvalue weighted by molar-refractivity contribution is 9.10. The number of benzene rings is 2. The van der Waals surface area contributed by atoms with E-state index < -0.39 is 0 Å². The minimum Gasteiger partial charge on any atom is -0.488 e. The Hall–Kier alpha value is -1.81. The Morgan fingerprint density at radius 1 is 1.29 bits per heavy atom. The number of amides is 1. The highest BCUT2D eigenvalue weighted by Gasteiger charge is 2.27. The first-order chi connectivity index (χ1) is 11.6. The first-order valence-electron chi connectivity index (χ1n) is 8.39. The van der Waals surface area contributed by atoms with Gasteiger partial charge in [-0.05, 0) is 70.9 Å². The zero-order valence-electron chi connectivity index (χ0n) is 14.1. The van der Waals surface area contributed by atoms with Gasteiger partial charge in [-0.3, -0.25) is 4.79 Å². The van der Waals surface area contributed by atoms with Crippen molar-refractivity contribution in [2.45, 2.75) is 45.6 Å². The third kappa shape index (κ3) is 3.99. The molecule has 24 heavy (non-hydrogen) atoms. The maximum Gasteiger partial charge on any atom is 0.224 e. The molecule has 3 rings (SSSR count). The van der Waals surface area contributed by atoms with Gasteiger partial charge in [-0.25, -0.2) is 0 Å². The number of nitrogens with one attached hydrogen (secondary N) is 1. The van der Waals surface area contributed by atoms with E-state index in [1.807, 2.05) is 44.2 Å². The summed E-state index contributed by atoms with van der Waals surface area (Å²) in [5.41, 5.74) is 4.42. The minimum atomic E-state index is 0.0286. The number of rotatable bonds is 6. The second-order valence-corrected chi connectivity index (χ2v) is 7.13. The molecule has 2 aromatic rings. The van der Waals surface area contributed by atoms with Crippen molar-refractivity contribution < 1.29 is 9.53 Å². The predicted molar refractivity (Wildman–Crippen MR) is 101 cm³/mol. The molecule has 0 spiro atoms. The molecule has 0 atom stereocenters. The highest BCUT2D eigenvalue weighted by atomic mass is 79.9. The van der Waals surface area contributed by atoms with Gasteiger partial charge in [0.1, 0.15) is 12.4 Å². The van der Waals surface area contributed by atoms with Crippen LogP contribution in [0.2, 0.25) is 0 Å². The first kappa shape index (κ1) is 17.0. The Morgan fingerprint density at radius 2 is 2.08 bits per heavy atom. The summed E-state index contributed by atoms with van der Waals surface area (Å²) in [6.45, 7) is 4.36. The van der Waals surface area contributed by atoms with Crippen LogP contribution in [0.1, 0.15) is 48.8 Å². The molecular formula is C20H22BrNO2. The van der Waals surface area contributed by atoms with Crippen molar-refractivity contribution in [1.29, 1.82) is 0 Å². The van der Waals surface area contributed by atoms with Crippen LogP contribution >= 0.6 is 15.9 Å². The lowest BCUT2D eigenvalue weighted by molar-refractivity contribution is -0.115. The monoisotopic (exact) mass is 387 g/mol. The Kier molecular flexibility index (Phi) is 5.24. The Labute approximate surface area is 151 Å². The van der Waals surface area contributed by atoms with Crippen molar-refractivity contribution in [1.82, 2.24) is 0 Å². The summed E-state index contributed by atoms with van der Waals surface area (Å²) in [6, 6.07) is 12.2. The van der Waals surface area contributed by atoms with Gasteiger partial charge in [-0.15, -0.1) is 0 Å². The zero-order valence-corrected chi connectivity index (χ0v) is 15.7. The second kappa shape index (κ2) is 7.39. The van der Waals surface area contributed by atoms with E-state index in [-0.39, 0.29) is 5.91 Å². The fraction of sp³-hybridized carbons (Fsp3) is 0.350. The van der Waals surface area contributed by atoms with Crippen molar-refractivity contribution in [3.8, 4) is 5.75 Å². The van der Waals surface area contributed by atoms with Gasteiger partial charge in [0, 0.05) is 17.7 Å². The van der Waals surface area contributed by atoms with E-state index in [1.54, 1.807) is 0 Å². The number of halogens is 1. The molecule has 1 aliphatic rings. The van der Waals surface area contributed by atoms with Gasteiger partial charge < -0.3 is 10.1 Å². The van der Waals surface area contributed by atoms with Crippen molar-refractivity contribution in [2.75, 3.05) is 5.32 Å². The zero-order chi connectivity index (χ0) is 17.1. The van der Waals surface area contributed by atoms with Crippen LogP contribution in [0.25, 0.3) is 0 Å². The second-order valence-electron chi connectivity index (χ2n) is 6.27. The summed E-state index contributed by atoms with van der Waals surface area (Å²) in [6.07, 6.45) is 2.90. The minimum absolute atomic E-state index is 0.0286. The van der Waals surface area contributed by atoms with E-state index in [2.05, 4.69) is 27.3 Å². The van der Waals surface area contributed by atoms with Gasteiger partial charge in [-0.2, -0.15) is 0 Å². The van der Waals surface area contributed by atoms with Gasteiger partial charge in [0.25, 0.3) is 0 Å². The van der Waals surface area contributed by atoms with Crippen LogP contribution in [0.4, 0.5) is 5.69 Å². The Bertz CT molecular complexity index is 753. The van der Waals surface area contributed by atoms with E-state index in [0.29, 0.717) is 18.9 Å². The van der Waals surface area contributed by atoms with Crippen LogP contribution in [0, 0.1) is 6.92 Å². The first-order valence-corrected chi connectivity index (χ1v) is 9.18. The summed E-state index contributed by atoms with van der Waals surface area (Å²) in [4.78, 5) is 11.8. The average molecular weight is 388 g/mol. The molecule has 1 fully saturated rings. The molecule has 1 N–H and O–H groups in total. The molecule has 0 unspecified atom stereocenters. The SMILES string of the molecule is CCC(=O)Nc1cccc(C2CC2)c1COc1cc(C)ccc1Br. The van der Waals surface area contributed by atoms with Crippen LogP contribution in [0.3, 0.4) is 0 Å². The summed E-state index contributed by atoms with van der Waals surface area (Å²) >= 11 is 3.54. The van der Waals surface area contributed by atoms with Crippen LogP contribution in [-0.4, -0.2) is 5.91 Å². The highest BCUT2D eigenvalue weighted by Crippen LogP contribution is 2.43. The molecule has 126 valence electrons. The number of aryl methyl sites for hydroxylation is 1. The van der Waals surface area contributed by atoms with Gasteiger partial charge in [0.05, 0.1) is 4.47 Å². The van der Waals surface area contributed by atoms with Crippen LogP contribution < -0.4 is 10.1 Å². The third-order valence-electron chi connectivity index (χ3n) is 4.28. The molecule has 3 nitrogen and oxygen atoms in total. The fourth-order valence-corrected chi connectivity index (χ4v) is 3.13. The molecular weight excluding hydrogens is 366 g/mol. The summed E-state index contributed by atoms with van der Waals surface area (Å²) < 4.78 is 7.02. The van der Waals surface area contributed by atoms with E-state index >= 15 is 0 Å². The lowest BCUT2D eigenvalue weighted by atomic mass is 10.0. The average Bonchev–Trinajstić information content (AvgIpc) is 3.41.